The Kier molecular flexibility index (Phi) is 15.3. The Morgan fingerprint density at radius 1 is 0.771 bits per heavy atom. The minimum Gasteiger partial charge on any atom is -0.507 e. The van der Waals surface area contributed by atoms with Gasteiger partial charge in [0.05, 0.1) is 5.69 Å². The van der Waals surface area contributed by atoms with Gasteiger partial charge in [0.15, 0.2) is 0 Å². The summed E-state index contributed by atoms with van der Waals surface area (Å²) in [6, 6.07) is 2.06. The van der Waals surface area contributed by atoms with Gasteiger partial charge >= 0.3 is 0 Å². The molecular weight excluding hydrogens is 430 g/mol. The highest BCUT2D eigenvalue weighted by molar-refractivity contribution is 5.94. The number of phenols is 1. The molecule has 1 aromatic carbocycles. The molecule has 0 heterocycles. The van der Waals surface area contributed by atoms with Crippen LogP contribution in [0, 0.1) is 13.8 Å². The molecule has 1 rings (SSSR count). The minimum absolute atomic E-state index is 0.0556. The first-order valence-electron chi connectivity index (χ1n) is 14.7. The number of carbonyl (C=O) groups excluding carboxylic acids is 1. The summed E-state index contributed by atoms with van der Waals surface area (Å²) in [4.78, 5) is 14.4. The van der Waals surface area contributed by atoms with E-state index in [2.05, 4.69) is 40.7 Å². The summed E-state index contributed by atoms with van der Waals surface area (Å²) >= 11 is 0. The lowest BCUT2D eigenvalue weighted by Gasteiger charge is -2.29. The fraction of sp³-hybridized carbons (Fsp3) is 0.781. The Morgan fingerprint density at radius 2 is 1.17 bits per heavy atom. The van der Waals surface area contributed by atoms with Crippen LogP contribution >= 0.6 is 0 Å². The molecule has 0 aliphatic carbocycles. The van der Waals surface area contributed by atoms with Crippen molar-refractivity contribution in [2.45, 2.75) is 157 Å². The van der Waals surface area contributed by atoms with Crippen LogP contribution in [0.5, 0.6) is 5.75 Å². The van der Waals surface area contributed by atoms with Crippen LogP contribution < -0.4 is 4.90 Å². The number of rotatable bonds is 18. The molecule has 0 unspecified atom stereocenters. The van der Waals surface area contributed by atoms with Gasteiger partial charge in [-0.1, -0.05) is 124 Å². The van der Waals surface area contributed by atoms with Crippen molar-refractivity contribution in [1.82, 2.24) is 0 Å². The smallest absolute Gasteiger partial charge is 0.223 e. The molecule has 0 aliphatic heterocycles. The number of phenolic OH excluding ortho intramolecular Hbond substituents is 1. The molecule has 3 nitrogen and oxygen atoms in total. The molecule has 35 heavy (non-hydrogen) atoms. The molecule has 1 aromatic rings. The fourth-order valence-corrected chi connectivity index (χ4v) is 5.19. The number of hydrogen-bond donors (Lipinski definition) is 1. The molecule has 0 aromatic heterocycles. The first kappa shape index (κ1) is 31.5. The normalized spacial score (nSPS) is 11.7. The summed E-state index contributed by atoms with van der Waals surface area (Å²) in [6.45, 7) is 15.0. The highest BCUT2D eigenvalue weighted by atomic mass is 16.3. The number of aryl methyl sites for hydroxylation is 1. The number of amides is 1. The van der Waals surface area contributed by atoms with Crippen molar-refractivity contribution in [3.05, 3.63) is 22.8 Å². The van der Waals surface area contributed by atoms with Crippen LogP contribution in [0.4, 0.5) is 5.69 Å². The van der Waals surface area contributed by atoms with Gasteiger partial charge in [0.25, 0.3) is 0 Å². The third-order valence-corrected chi connectivity index (χ3v) is 7.39. The van der Waals surface area contributed by atoms with E-state index in [9.17, 15) is 9.90 Å². The molecule has 1 N–H and O–H groups in total. The maximum atomic E-state index is 12.5. The molecule has 0 fully saturated rings. The van der Waals surface area contributed by atoms with Crippen LogP contribution in [0.25, 0.3) is 0 Å². The largest absolute Gasteiger partial charge is 0.507 e. The van der Waals surface area contributed by atoms with Crippen molar-refractivity contribution in [2.75, 3.05) is 11.4 Å². The molecule has 3 heteroatoms. The third-order valence-electron chi connectivity index (χ3n) is 7.39. The SMILES string of the molecule is CCCCCCCCCCCCCCCCCCN(C(C)=O)c1c(C)cc(C(C)(C)C)c(O)c1C. The number of anilines is 1. The van der Waals surface area contributed by atoms with Crippen LogP contribution in [0.2, 0.25) is 0 Å². The van der Waals surface area contributed by atoms with Crippen LogP contribution in [0.15, 0.2) is 6.07 Å². The lowest BCUT2D eigenvalue weighted by atomic mass is 9.83. The highest BCUT2D eigenvalue weighted by Gasteiger charge is 2.25. The first-order valence-corrected chi connectivity index (χ1v) is 14.7. The first-order chi connectivity index (χ1) is 16.6. The molecule has 202 valence electrons. The Morgan fingerprint density at radius 3 is 1.54 bits per heavy atom. The topological polar surface area (TPSA) is 40.5 Å². The molecule has 0 spiro atoms. The number of benzene rings is 1. The molecule has 0 radical (unpaired) electrons. The predicted octanol–water partition coefficient (Wildman–Crippen LogP) is 9.92. The maximum Gasteiger partial charge on any atom is 0.223 e. The van der Waals surface area contributed by atoms with E-state index in [0.29, 0.717) is 5.75 Å². The van der Waals surface area contributed by atoms with Crippen LogP contribution in [0.1, 0.15) is 154 Å². The molecule has 0 aliphatic rings. The summed E-state index contributed by atoms with van der Waals surface area (Å²) in [6.07, 6.45) is 21.5. The van der Waals surface area contributed by atoms with E-state index >= 15 is 0 Å². The quantitative estimate of drug-likeness (QED) is 0.209. The van der Waals surface area contributed by atoms with E-state index in [1.165, 1.54) is 89.9 Å². The van der Waals surface area contributed by atoms with Gasteiger partial charge in [-0.15, -0.1) is 0 Å². The average molecular weight is 488 g/mol. The van der Waals surface area contributed by atoms with Gasteiger partial charge in [0.1, 0.15) is 5.75 Å². The van der Waals surface area contributed by atoms with Gasteiger partial charge in [0.2, 0.25) is 5.91 Å². The van der Waals surface area contributed by atoms with Crippen LogP contribution in [0.3, 0.4) is 0 Å². The second-order valence-corrected chi connectivity index (χ2v) is 11.8. The van der Waals surface area contributed by atoms with E-state index in [4.69, 9.17) is 0 Å². The standard InChI is InChI=1S/C32H57NO2/c1-8-9-10-11-12-13-14-15-16-17-18-19-20-21-22-23-24-33(28(4)34)30-26(2)25-29(32(5,6)7)31(35)27(30)3/h25,35H,8-24H2,1-7H3. The zero-order chi connectivity index (χ0) is 26.3. The monoisotopic (exact) mass is 487 g/mol. The minimum atomic E-state index is -0.132. The summed E-state index contributed by atoms with van der Waals surface area (Å²) in [5.74, 6) is 0.386. The van der Waals surface area contributed by atoms with Gasteiger partial charge < -0.3 is 10.0 Å². The Balaban J connectivity index is 2.28. The van der Waals surface area contributed by atoms with Crippen LogP contribution in [-0.4, -0.2) is 17.6 Å². The van der Waals surface area contributed by atoms with Crippen molar-refractivity contribution >= 4 is 11.6 Å². The Bertz CT molecular complexity index is 732. The number of carbonyl (C=O) groups is 1. The van der Waals surface area contributed by atoms with Crippen molar-refractivity contribution in [3.63, 3.8) is 0 Å². The number of aromatic hydroxyl groups is 1. The molecule has 0 bridgehead atoms. The summed E-state index contributed by atoms with van der Waals surface area (Å²) in [7, 11) is 0. The molecule has 1 amide bonds. The lowest BCUT2D eigenvalue weighted by Crippen LogP contribution is -2.31. The maximum absolute atomic E-state index is 12.5. The van der Waals surface area contributed by atoms with Crippen LogP contribution in [-0.2, 0) is 10.2 Å². The van der Waals surface area contributed by atoms with Crippen molar-refractivity contribution in [2.24, 2.45) is 0 Å². The summed E-state index contributed by atoms with van der Waals surface area (Å²) in [5.41, 5.74) is 3.59. The van der Waals surface area contributed by atoms with E-state index in [1.54, 1.807) is 6.92 Å². The zero-order valence-electron chi connectivity index (χ0n) is 24.4. The average Bonchev–Trinajstić information content (AvgIpc) is 2.79. The van der Waals surface area contributed by atoms with Gasteiger partial charge in [-0.2, -0.15) is 0 Å². The van der Waals surface area contributed by atoms with Crippen molar-refractivity contribution in [1.29, 1.82) is 0 Å². The van der Waals surface area contributed by atoms with Crippen molar-refractivity contribution in [3.8, 4) is 5.75 Å². The molecule has 0 saturated carbocycles. The summed E-state index contributed by atoms with van der Waals surface area (Å²) in [5, 5.41) is 10.8. The molecular formula is C32H57NO2. The predicted molar refractivity (Wildman–Crippen MR) is 154 cm³/mol. The van der Waals surface area contributed by atoms with E-state index in [0.717, 1.165) is 41.8 Å². The van der Waals surface area contributed by atoms with Crippen molar-refractivity contribution < 1.29 is 9.90 Å². The van der Waals surface area contributed by atoms with E-state index in [1.807, 2.05) is 11.8 Å². The molecule has 0 atom stereocenters. The van der Waals surface area contributed by atoms with Gasteiger partial charge in [-0.25, -0.2) is 0 Å². The third kappa shape index (κ3) is 11.8. The van der Waals surface area contributed by atoms with Gasteiger partial charge in [-0.05, 0) is 42.9 Å². The van der Waals surface area contributed by atoms with Gasteiger partial charge in [-0.3, -0.25) is 4.79 Å². The highest BCUT2D eigenvalue weighted by Crippen LogP contribution is 2.40. The second kappa shape index (κ2) is 17.0. The van der Waals surface area contributed by atoms with E-state index < -0.39 is 0 Å². The Labute approximate surface area is 218 Å². The second-order valence-electron chi connectivity index (χ2n) is 11.8. The lowest BCUT2D eigenvalue weighted by molar-refractivity contribution is -0.116. The molecule has 0 saturated heterocycles. The zero-order valence-corrected chi connectivity index (χ0v) is 24.4. The van der Waals surface area contributed by atoms with Gasteiger partial charge in [0, 0.05) is 19.0 Å². The number of nitrogens with zero attached hydrogens (tertiary/aromatic N) is 1. The Hall–Kier alpha value is -1.51. The van der Waals surface area contributed by atoms with E-state index in [-0.39, 0.29) is 11.3 Å². The number of hydrogen-bond acceptors (Lipinski definition) is 2. The number of unbranched alkanes of at least 4 members (excludes halogenated alkanes) is 15. The fourth-order valence-electron chi connectivity index (χ4n) is 5.19. The summed E-state index contributed by atoms with van der Waals surface area (Å²) < 4.78 is 0.